The zero-order valence-corrected chi connectivity index (χ0v) is 16.1. The highest BCUT2D eigenvalue weighted by atomic mass is 19.1. The topological polar surface area (TPSA) is 69.2 Å². The number of halogens is 1. The van der Waals surface area contributed by atoms with Crippen LogP contribution in [-0.4, -0.2) is 26.0 Å². The Morgan fingerprint density at radius 3 is 2.89 bits per heavy atom. The Morgan fingerprint density at radius 1 is 1.36 bits per heavy atom. The van der Waals surface area contributed by atoms with Crippen LogP contribution in [0.25, 0.3) is 0 Å². The number of benzene rings is 1. The van der Waals surface area contributed by atoms with Crippen molar-refractivity contribution in [3.63, 3.8) is 0 Å². The molecule has 28 heavy (non-hydrogen) atoms. The molecule has 2 atom stereocenters. The molecule has 3 aliphatic rings. The van der Waals surface area contributed by atoms with E-state index >= 15 is 0 Å². The smallest absolute Gasteiger partial charge is 0.283 e. The molecular weight excluding hydrogens is 357 g/mol. The van der Waals surface area contributed by atoms with Gasteiger partial charge in [0.1, 0.15) is 17.9 Å². The van der Waals surface area contributed by atoms with Crippen LogP contribution >= 0.6 is 0 Å². The van der Waals surface area contributed by atoms with Crippen LogP contribution in [0.1, 0.15) is 30.4 Å². The largest absolute Gasteiger partial charge is 0.496 e. The second-order valence-electron chi connectivity index (χ2n) is 7.35. The van der Waals surface area contributed by atoms with Crippen LogP contribution in [0.15, 0.2) is 63.5 Å². The minimum atomic E-state index is -0.647. The average molecular weight is 381 g/mol. The van der Waals surface area contributed by atoms with Crippen molar-refractivity contribution in [2.45, 2.75) is 31.7 Å². The van der Waals surface area contributed by atoms with E-state index in [0.29, 0.717) is 25.0 Å². The van der Waals surface area contributed by atoms with Crippen molar-refractivity contribution < 1.29 is 13.9 Å². The van der Waals surface area contributed by atoms with Gasteiger partial charge in [-0.15, -0.1) is 0 Å². The number of amidine groups is 1. The predicted octanol–water partition coefficient (Wildman–Crippen LogP) is 4.09. The van der Waals surface area contributed by atoms with E-state index in [4.69, 9.17) is 20.2 Å². The number of hydrogen-bond donors (Lipinski definition) is 1. The number of nitrogens with two attached hydrogens (primary N) is 1. The van der Waals surface area contributed by atoms with Crippen molar-refractivity contribution in [3.05, 3.63) is 64.7 Å². The third-order valence-corrected chi connectivity index (χ3v) is 5.70. The summed E-state index contributed by atoms with van der Waals surface area (Å²) in [5.74, 6) is 0.431. The second-order valence-corrected chi connectivity index (χ2v) is 7.35. The van der Waals surface area contributed by atoms with Crippen LogP contribution in [0.3, 0.4) is 0 Å². The number of rotatable bonds is 4. The molecule has 1 aromatic rings. The molecule has 0 saturated carbocycles. The molecule has 2 N–H and O–H groups in total. The fourth-order valence-electron chi connectivity index (χ4n) is 4.20. The van der Waals surface area contributed by atoms with Gasteiger partial charge in [-0.05, 0) is 55.0 Å². The molecule has 6 heteroatoms. The average Bonchev–Trinajstić information content (AvgIpc) is 3.11. The highest BCUT2D eigenvalue weighted by Crippen LogP contribution is 2.45. The molecule has 0 fully saturated rings. The van der Waals surface area contributed by atoms with E-state index < -0.39 is 5.54 Å². The highest BCUT2D eigenvalue weighted by molar-refractivity contribution is 5.74. The van der Waals surface area contributed by atoms with E-state index in [1.807, 2.05) is 31.2 Å². The lowest BCUT2D eigenvalue weighted by molar-refractivity contribution is 0.211. The first-order chi connectivity index (χ1) is 13.5. The third-order valence-electron chi connectivity index (χ3n) is 5.70. The molecule has 5 nitrogen and oxygen atoms in total. The summed E-state index contributed by atoms with van der Waals surface area (Å²) in [5.41, 5.74) is 8.96. The summed E-state index contributed by atoms with van der Waals surface area (Å²) in [4.78, 5) is 8.59. The van der Waals surface area contributed by atoms with Gasteiger partial charge in [0.05, 0.1) is 7.11 Å². The molecule has 0 spiro atoms. The minimum absolute atomic E-state index is 0.00690. The molecule has 1 aliphatic carbocycles. The van der Waals surface area contributed by atoms with Gasteiger partial charge in [0.2, 0.25) is 5.95 Å². The zero-order valence-electron chi connectivity index (χ0n) is 16.1. The van der Waals surface area contributed by atoms with Crippen LogP contribution in [0, 0.1) is 12.8 Å². The molecule has 2 unspecified atom stereocenters. The molecule has 0 radical (unpaired) electrons. The summed E-state index contributed by atoms with van der Waals surface area (Å²) in [6.45, 7) is 2.35. The Hall–Kier alpha value is -2.89. The van der Waals surface area contributed by atoms with Gasteiger partial charge in [0, 0.05) is 17.7 Å². The van der Waals surface area contributed by atoms with E-state index in [1.165, 1.54) is 0 Å². The normalized spacial score (nSPS) is 26.8. The van der Waals surface area contributed by atoms with Gasteiger partial charge in [-0.25, -0.2) is 9.98 Å². The maximum Gasteiger partial charge on any atom is 0.283 e. The second kappa shape index (κ2) is 7.26. The van der Waals surface area contributed by atoms with Gasteiger partial charge < -0.3 is 15.2 Å². The highest BCUT2D eigenvalue weighted by Gasteiger charge is 2.45. The Bertz CT molecular complexity index is 945. The van der Waals surface area contributed by atoms with Crippen molar-refractivity contribution >= 4 is 12.2 Å². The van der Waals surface area contributed by atoms with E-state index in [-0.39, 0.29) is 17.9 Å². The molecule has 0 saturated heterocycles. The van der Waals surface area contributed by atoms with Crippen molar-refractivity contribution in [2.75, 3.05) is 13.7 Å². The van der Waals surface area contributed by atoms with Crippen molar-refractivity contribution in [2.24, 2.45) is 21.6 Å². The van der Waals surface area contributed by atoms with Crippen LogP contribution in [-0.2, 0) is 10.3 Å². The number of methoxy groups -OCH3 is 1. The van der Waals surface area contributed by atoms with Crippen molar-refractivity contribution in [1.82, 2.24) is 0 Å². The number of hydrogen-bond acceptors (Lipinski definition) is 5. The van der Waals surface area contributed by atoms with Gasteiger partial charge in [0.25, 0.3) is 6.02 Å². The van der Waals surface area contributed by atoms with Crippen molar-refractivity contribution in [1.29, 1.82) is 0 Å². The number of nitrogens with zero attached hydrogens (tertiary/aromatic N) is 2. The first-order valence-corrected chi connectivity index (χ1v) is 9.45. The number of allylic oxidation sites excluding steroid dienone is 4. The molecule has 1 aromatic carbocycles. The number of aliphatic imine (C=N–C) groups is 2. The molecular formula is C22H24FN3O2. The van der Waals surface area contributed by atoms with E-state index in [0.717, 1.165) is 28.9 Å². The molecule has 0 amide bonds. The molecule has 146 valence electrons. The first-order valence-electron chi connectivity index (χ1n) is 9.45. The Balaban J connectivity index is 1.72. The van der Waals surface area contributed by atoms with Crippen LogP contribution < -0.4 is 10.5 Å². The summed E-state index contributed by atoms with van der Waals surface area (Å²) >= 11 is 0. The maximum atomic E-state index is 14.3. The van der Waals surface area contributed by atoms with E-state index in [1.54, 1.807) is 13.3 Å². The maximum absolute atomic E-state index is 14.3. The summed E-state index contributed by atoms with van der Waals surface area (Å²) in [5, 5.41) is 0. The summed E-state index contributed by atoms with van der Waals surface area (Å²) in [7, 11) is 1.66. The van der Waals surface area contributed by atoms with Gasteiger partial charge >= 0.3 is 0 Å². The van der Waals surface area contributed by atoms with Crippen LogP contribution in [0.5, 0.6) is 5.75 Å². The van der Waals surface area contributed by atoms with Crippen LogP contribution in [0.2, 0.25) is 0 Å². The predicted molar refractivity (Wildman–Crippen MR) is 108 cm³/mol. The summed E-state index contributed by atoms with van der Waals surface area (Å²) in [6.07, 6.45) is 9.77. The summed E-state index contributed by atoms with van der Waals surface area (Å²) < 4.78 is 25.3. The number of aryl methyl sites for hydroxylation is 1. The Morgan fingerprint density at radius 2 is 2.21 bits per heavy atom. The third kappa shape index (κ3) is 3.13. The molecule has 2 aliphatic heterocycles. The van der Waals surface area contributed by atoms with Gasteiger partial charge in [0.15, 0.2) is 0 Å². The van der Waals surface area contributed by atoms with Crippen LogP contribution in [0.4, 0.5) is 4.39 Å². The van der Waals surface area contributed by atoms with Crippen molar-refractivity contribution in [3.8, 4) is 5.75 Å². The Labute approximate surface area is 164 Å². The number of ether oxygens (including phenoxy) is 2. The fraction of sp³-hybridized carbons (Fsp3) is 0.364. The SMILES string of the molecule is COc1ccc(C2(C3C=CC=C(C4=C(F)N=CCC4)C3)COC(N)=N2)cc1C. The monoisotopic (exact) mass is 381 g/mol. The standard InChI is InChI=1S/C22H24FN3O2/c1-14-11-17(8-9-19(14)27-2)22(13-28-21(24)26-22)16-6-3-5-15(12-16)18-7-4-10-25-20(18)23/h3,5-6,8-11,16H,4,7,12-13H2,1-2H3,(H2,24,26). The lowest BCUT2D eigenvalue weighted by atomic mass is 9.73. The van der Waals surface area contributed by atoms with Gasteiger partial charge in [-0.1, -0.05) is 24.3 Å². The van der Waals surface area contributed by atoms with E-state index in [9.17, 15) is 4.39 Å². The molecule has 0 aromatic heterocycles. The quantitative estimate of drug-likeness (QED) is 0.799. The van der Waals surface area contributed by atoms with Gasteiger partial charge in [-0.2, -0.15) is 4.39 Å². The molecule has 4 rings (SSSR count). The molecule has 0 bridgehead atoms. The van der Waals surface area contributed by atoms with Gasteiger partial charge in [-0.3, -0.25) is 0 Å². The first kappa shape index (κ1) is 18.5. The Kier molecular flexibility index (Phi) is 4.79. The molecule has 2 heterocycles. The zero-order chi connectivity index (χ0) is 19.7. The summed E-state index contributed by atoms with van der Waals surface area (Å²) in [6, 6.07) is 6.21. The lowest BCUT2D eigenvalue weighted by Crippen LogP contribution is -2.35. The fourth-order valence-corrected chi connectivity index (χ4v) is 4.20. The van der Waals surface area contributed by atoms with E-state index in [2.05, 4.69) is 17.1 Å². The minimum Gasteiger partial charge on any atom is -0.496 e. The lowest BCUT2D eigenvalue weighted by Gasteiger charge is -2.34.